The lowest BCUT2D eigenvalue weighted by atomic mass is 10.0. The zero-order valence-corrected chi connectivity index (χ0v) is 33.8. The molecule has 2 heterocycles. The van der Waals surface area contributed by atoms with Gasteiger partial charge in [-0.1, -0.05) is 170 Å². The quantitative estimate of drug-likeness (QED) is 0.146. The molecule has 0 amide bonds. The van der Waals surface area contributed by atoms with Gasteiger partial charge in [0, 0.05) is 50.2 Å². The minimum Gasteiger partial charge on any atom is -0.311 e. The number of nitrogens with zero attached hydrogens (tertiary/aromatic N) is 5. The number of hydrogen-bond donors (Lipinski definition) is 0. The maximum atomic E-state index is 4.92. The Labute approximate surface area is 360 Å². The first-order chi connectivity index (χ1) is 30.7. The van der Waals surface area contributed by atoms with E-state index in [0.29, 0.717) is 17.5 Å². The maximum Gasteiger partial charge on any atom is 0.164 e. The summed E-state index contributed by atoms with van der Waals surface area (Å²) in [7, 11) is 0. The topological polar surface area (TPSA) is 46.8 Å². The van der Waals surface area contributed by atoms with Crippen LogP contribution in [0.4, 0.5) is 17.1 Å². The van der Waals surface area contributed by atoms with Crippen LogP contribution in [0.3, 0.4) is 0 Å². The number of fused-ring (bicyclic) bond motifs is 3. The molecule has 0 aliphatic carbocycles. The third-order valence-corrected chi connectivity index (χ3v) is 11.5. The Kier molecular flexibility index (Phi) is 9.45. The SMILES string of the molecule is c1ccc(-c2nc(-c3ccccc3)nc(-c3ccc(-c4ccc(-n5c6ccccc6c6cc(-c7ccc(N(c8ccccc8)c8ccccc8)cc7)ccc65)cc4)cc3)n2)cc1. The molecule has 0 saturated carbocycles. The van der Waals surface area contributed by atoms with E-state index in [1.54, 1.807) is 0 Å². The number of para-hydroxylation sites is 3. The highest BCUT2D eigenvalue weighted by molar-refractivity contribution is 6.10. The summed E-state index contributed by atoms with van der Waals surface area (Å²) in [5.74, 6) is 1.95. The number of benzene rings is 9. The van der Waals surface area contributed by atoms with Crippen LogP contribution in [-0.2, 0) is 0 Å². The minimum absolute atomic E-state index is 0.643. The van der Waals surface area contributed by atoms with Crippen molar-refractivity contribution in [2.24, 2.45) is 0 Å². The van der Waals surface area contributed by atoms with Crippen LogP contribution in [0, 0.1) is 0 Å². The molecule has 5 nitrogen and oxygen atoms in total. The summed E-state index contributed by atoms with van der Waals surface area (Å²) in [4.78, 5) is 17.0. The molecule has 9 aromatic carbocycles. The van der Waals surface area contributed by atoms with Crippen molar-refractivity contribution in [3.8, 4) is 62.1 Å². The molecule has 5 heteroatoms. The smallest absolute Gasteiger partial charge is 0.164 e. The second-order valence-corrected chi connectivity index (χ2v) is 15.3. The summed E-state index contributed by atoms with van der Waals surface area (Å²) in [6, 6.07) is 83.0. The molecule has 0 bridgehead atoms. The Morgan fingerprint density at radius 3 is 1.19 bits per heavy atom. The molecule has 0 aliphatic heterocycles. The van der Waals surface area contributed by atoms with Crippen LogP contribution in [0.1, 0.15) is 0 Å². The van der Waals surface area contributed by atoms with Crippen LogP contribution in [0.2, 0.25) is 0 Å². The number of rotatable bonds is 9. The summed E-state index contributed by atoms with van der Waals surface area (Å²) in [5, 5.41) is 2.45. The lowest BCUT2D eigenvalue weighted by molar-refractivity contribution is 1.07. The first-order valence-corrected chi connectivity index (χ1v) is 20.9. The van der Waals surface area contributed by atoms with Gasteiger partial charge in [0.05, 0.1) is 11.0 Å². The van der Waals surface area contributed by atoms with E-state index in [1.165, 1.54) is 32.9 Å². The average molecular weight is 794 g/mol. The normalized spacial score (nSPS) is 11.2. The van der Waals surface area contributed by atoms with Gasteiger partial charge in [0.1, 0.15) is 0 Å². The molecule has 0 N–H and O–H groups in total. The highest BCUT2D eigenvalue weighted by Gasteiger charge is 2.16. The highest BCUT2D eigenvalue weighted by atomic mass is 15.1. The van der Waals surface area contributed by atoms with Gasteiger partial charge in [-0.15, -0.1) is 0 Å². The molecule has 0 atom stereocenters. The predicted octanol–water partition coefficient (Wildman–Crippen LogP) is 14.8. The number of hydrogen-bond acceptors (Lipinski definition) is 4. The van der Waals surface area contributed by atoms with Crippen LogP contribution in [0.15, 0.2) is 237 Å². The van der Waals surface area contributed by atoms with Crippen molar-refractivity contribution in [3.05, 3.63) is 237 Å². The van der Waals surface area contributed by atoms with Gasteiger partial charge in [-0.05, 0) is 89.0 Å². The molecule has 0 radical (unpaired) electrons. The van der Waals surface area contributed by atoms with Crippen LogP contribution in [0.5, 0.6) is 0 Å². The van der Waals surface area contributed by atoms with E-state index >= 15 is 0 Å². The molecule has 0 spiro atoms. The summed E-state index contributed by atoms with van der Waals surface area (Å²) in [6.45, 7) is 0. The summed E-state index contributed by atoms with van der Waals surface area (Å²) in [6.07, 6.45) is 0. The molecule has 2 aromatic heterocycles. The Morgan fingerprint density at radius 2 is 0.645 bits per heavy atom. The molecule has 0 unspecified atom stereocenters. The predicted molar refractivity (Wildman–Crippen MR) is 256 cm³/mol. The molecule has 11 aromatic rings. The van der Waals surface area contributed by atoms with Crippen LogP contribution >= 0.6 is 0 Å². The van der Waals surface area contributed by atoms with E-state index < -0.39 is 0 Å². The monoisotopic (exact) mass is 793 g/mol. The first-order valence-electron chi connectivity index (χ1n) is 20.9. The van der Waals surface area contributed by atoms with Crippen molar-refractivity contribution in [1.82, 2.24) is 19.5 Å². The zero-order valence-electron chi connectivity index (χ0n) is 33.8. The van der Waals surface area contributed by atoms with Gasteiger partial charge in [-0.2, -0.15) is 0 Å². The van der Waals surface area contributed by atoms with E-state index in [4.69, 9.17) is 15.0 Å². The average Bonchev–Trinajstić information content (AvgIpc) is 3.69. The molecular weight excluding hydrogens is 755 g/mol. The van der Waals surface area contributed by atoms with E-state index in [2.05, 4.69) is 185 Å². The highest BCUT2D eigenvalue weighted by Crippen LogP contribution is 2.38. The number of aromatic nitrogens is 4. The molecular formula is C57H39N5. The van der Waals surface area contributed by atoms with Crippen molar-refractivity contribution in [1.29, 1.82) is 0 Å². The fourth-order valence-electron chi connectivity index (χ4n) is 8.39. The van der Waals surface area contributed by atoms with E-state index in [9.17, 15) is 0 Å². The zero-order chi connectivity index (χ0) is 41.2. The van der Waals surface area contributed by atoms with Gasteiger partial charge < -0.3 is 9.47 Å². The Hall–Kier alpha value is -8.41. The van der Waals surface area contributed by atoms with E-state index in [-0.39, 0.29) is 0 Å². The van der Waals surface area contributed by atoms with Gasteiger partial charge in [0.2, 0.25) is 0 Å². The first kappa shape index (κ1) is 36.7. The third kappa shape index (κ3) is 6.97. The van der Waals surface area contributed by atoms with Gasteiger partial charge in [-0.3, -0.25) is 0 Å². The van der Waals surface area contributed by atoms with Crippen LogP contribution in [0.25, 0.3) is 83.9 Å². The van der Waals surface area contributed by atoms with E-state index in [0.717, 1.165) is 50.6 Å². The second kappa shape index (κ2) is 16.0. The number of anilines is 3. The fourth-order valence-corrected chi connectivity index (χ4v) is 8.39. The molecule has 62 heavy (non-hydrogen) atoms. The fraction of sp³-hybridized carbons (Fsp3) is 0. The van der Waals surface area contributed by atoms with Gasteiger partial charge in [-0.25, -0.2) is 15.0 Å². The van der Waals surface area contributed by atoms with Gasteiger partial charge >= 0.3 is 0 Å². The standard InChI is InChI=1S/C57H39N5/c1-5-15-43(16-6-1)55-58-56(44-17-7-2-8-18-44)60-57(59-55)45-27-25-40(26-28-45)41-29-36-50(37-30-41)62-53-24-14-13-23-51(53)52-39-46(33-38-54(52)62)42-31-34-49(35-32-42)61(47-19-9-3-10-20-47)48-21-11-4-12-22-48/h1-39H. The van der Waals surface area contributed by atoms with Crippen molar-refractivity contribution in [2.45, 2.75) is 0 Å². The molecule has 292 valence electrons. The Balaban J connectivity index is 0.893. The maximum absolute atomic E-state index is 4.92. The molecule has 0 fully saturated rings. The minimum atomic E-state index is 0.643. The molecule has 0 aliphatic rings. The molecule has 0 saturated heterocycles. The van der Waals surface area contributed by atoms with Gasteiger partial charge in [0.15, 0.2) is 17.5 Å². The molecule has 11 rings (SSSR count). The van der Waals surface area contributed by atoms with Crippen molar-refractivity contribution >= 4 is 38.9 Å². The van der Waals surface area contributed by atoms with Crippen molar-refractivity contribution in [3.63, 3.8) is 0 Å². The summed E-state index contributed by atoms with van der Waals surface area (Å²) < 4.78 is 2.37. The van der Waals surface area contributed by atoms with Crippen LogP contribution < -0.4 is 4.90 Å². The Morgan fingerprint density at radius 1 is 0.274 bits per heavy atom. The lowest BCUT2D eigenvalue weighted by Gasteiger charge is -2.25. The van der Waals surface area contributed by atoms with Crippen molar-refractivity contribution < 1.29 is 0 Å². The lowest BCUT2D eigenvalue weighted by Crippen LogP contribution is -2.09. The van der Waals surface area contributed by atoms with E-state index in [1.807, 2.05) is 60.7 Å². The second-order valence-electron chi connectivity index (χ2n) is 15.3. The largest absolute Gasteiger partial charge is 0.311 e. The summed E-state index contributed by atoms with van der Waals surface area (Å²) in [5.41, 5.74) is 14.3. The Bertz CT molecular complexity index is 3200. The van der Waals surface area contributed by atoms with Gasteiger partial charge in [0.25, 0.3) is 0 Å². The van der Waals surface area contributed by atoms with Crippen LogP contribution in [-0.4, -0.2) is 19.5 Å². The third-order valence-electron chi connectivity index (χ3n) is 11.5. The summed E-state index contributed by atoms with van der Waals surface area (Å²) >= 11 is 0. The van der Waals surface area contributed by atoms with Crippen molar-refractivity contribution in [2.75, 3.05) is 4.90 Å².